The molecule has 1 amide bonds. The van der Waals surface area contributed by atoms with E-state index in [-0.39, 0.29) is 11.7 Å². The number of halogens is 2. The van der Waals surface area contributed by atoms with Crippen molar-refractivity contribution >= 4 is 17.5 Å². The summed E-state index contributed by atoms with van der Waals surface area (Å²) in [6, 6.07) is 4.78. The van der Waals surface area contributed by atoms with Gasteiger partial charge in [0.25, 0.3) is 0 Å². The van der Waals surface area contributed by atoms with Gasteiger partial charge >= 0.3 is 0 Å². The zero-order valence-corrected chi connectivity index (χ0v) is 14.9. The van der Waals surface area contributed by atoms with Crippen LogP contribution in [0.15, 0.2) is 18.2 Å². The van der Waals surface area contributed by atoms with Crippen molar-refractivity contribution in [2.75, 3.05) is 45.8 Å². The van der Waals surface area contributed by atoms with Gasteiger partial charge < -0.3 is 4.90 Å². The van der Waals surface area contributed by atoms with Crippen molar-refractivity contribution in [1.82, 2.24) is 14.7 Å². The summed E-state index contributed by atoms with van der Waals surface area (Å²) in [6.45, 7) is 8.23. The van der Waals surface area contributed by atoms with E-state index in [0.717, 1.165) is 26.2 Å². The predicted octanol–water partition coefficient (Wildman–Crippen LogP) is 2.47. The van der Waals surface area contributed by atoms with Crippen molar-refractivity contribution in [3.63, 3.8) is 0 Å². The topological polar surface area (TPSA) is 26.8 Å². The standard InChI is InChI=1S/C18H25ClFN3O/c1-14-5-6-22(11-14)13-18(24)23-9-7-21(8-10-23)12-15-16(19)3-2-4-17(15)20/h2-4,14H,5-13H2,1H3. The predicted molar refractivity (Wildman–Crippen MR) is 93.5 cm³/mol. The number of rotatable bonds is 4. The van der Waals surface area contributed by atoms with Crippen LogP contribution < -0.4 is 0 Å². The fourth-order valence-corrected chi connectivity index (χ4v) is 3.75. The molecule has 2 aliphatic rings. The number of likely N-dealkylation sites (tertiary alicyclic amines) is 1. The maximum absolute atomic E-state index is 13.9. The van der Waals surface area contributed by atoms with Gasteiger partial charge in [0.2, 0.25) is 5.91 Å². The zero-order valence-electron chi connectivity index (χ0n) is 14.2. The van der Waals surface area contributed by atoms with Crippen molar-refractivity contribution in [2.45, 2.75) is 19.9 Å². The molecule has 1 aromatic carbocycles. The van der Waals surface area contributed by atoms with Crippen LogP contribution >= 0.6 is 11.6 Å². The van der Waals surface area contributed by atoms with E-state index in [9.17, 15) is 9.18 Å². The van der Waals surface area contributed by atoms with Crippen LogP contribution in [-0.2, 0) is 11.3 Å². The minimum absolute atomic E-state index is 0.215. The largest absolute Gasteiger partial charge is 0.339 e. The molecule has 1 atom stereocenters. The Morgan fingerprint density at radius 1 is 1.21 bits per heavy atom. The second kappa shape index (κ2) is 7.81. The van der Waals surface area contributed by atoms with E-state index in [1.54, 1.807) is 12.1 Å². The molecule has 0 aliphatic carbocycles. The lowest BCUT2D eigenvalue weighted by Gasteiger charge is -2.35. The van der Waals surface area contributed by atoms with Crippen LogP contribution in [-0.4, -0.2) is 66.4 Å². The summed E-state index contributed by atoms with van der Waals surface area (Å²) in [6.07, 6.45) is 1.18. The Morgan fingerprint density at radius 3 is 2.58 bits per heavy atom. The monoisotopic (exact) mass is 353 g/mol. The molecule has 2 heterocycles. The molecule has 132 valence electrons. The Hall–Kier alpha value is -1.17. The Morgan fingerprint density at radius 2 is 1.96 bits per heavy atom. The molecule has 6 heteroatoms. The van der Waals surface area contributed by atoms with Crippen molar-refractivity contribution in [3.8, 4) is 0 Å². The number of piperazine rings is 1. The van der Waals surface area contributed by atoms with Crippen molar-refractivity contribution in [2.24, 2.45) is 5.92 Å². The molecule has 1 aromatic rings. The molecule has 0 bridgehead atoms. The third kappa shape index (κ3) is 4.26. The first-order chi connectivity index (χ1) is 11.5. The number of benzene rings is 1. The van der Waals surface area contributed by atoms with Gasteiger partial charge in [-0.05, 0) is 31.0 Å². The molecule has 24 heavy (non-hydrogen) atoms. The van der Waals surface area contributed by atoms with Gasteiger partial charge in [-0.3, -0.25) is 14.6 Å². The summed E-state index contributed by atoms with van der Waals surface area (Å²) in [5, 5.41) is 0.469. The lowest BCUT2D eigenvalue weighted by molar-refractivity contribution is -0.134. The molecule has 0 spiro atoms. The minimum atomic E-state index is -0.260. The summed E-state index contributed by atoms with van der Waals surface area (Å²) in [7, 11) is 0. The number of amides is 1. The zero-order chi connectivity index (χ0) is 17.1. The Bertz CT molecular complexity index is 569. The second-order valence-electron chi connectivity index (χ2n) is 6.99. The molecule has 2 saturated heterocycles. The number of hydrogen-bond donors (Lipinski definition) is 0. The molecular formula is C18H25ClFN3O. The highest BCUT2D eigenvalue weighted by atomic mass is 35.5. The maximum atomic E-state index is 13.9. The fourth-order valence-electron chi connectivity index (χ4n) is 3.52. The molecule has 0 radical (unpaired) electrons. The van der Waals surface area contributed by atoms with E-state index in [1.165, 1.54) is 12.5 Å². The van der Waals surface area contributed by atoms with Gasteiger partial charge in [0.05, 0.1) is 6.54 Å². The normalized spacial score (nSPS) is 23.0. The van der Waals surface area contributed by atoms with Crippen LogP contribution in [0.1, 0.15) is 18.9 Å². The first-order valence-corrected chi connectivity index (χ1v) is 9.06. The van der Waals surface area contributed by atoms with Gasteiger partial charge in [-0.1, -0.05) is 24.6 Å². The third-order valence-corrected chi connectivity index (χ3v) is 5.39. The van der Waals surface area contributed by atoms with E-state index in [4.69, 9.17) is 11.6 Å². The SMILES string of the molecule is CC1CCN(CC(=O)N2CCN(Cc3c(F)cccc3Cl)CC2)C1. The van der Waals surface area contributed by atoms with E-state index in [1.807, 2.05) is 4.90 Å². The highest BCUT2D eigenvalue weighted by molar-refractivity contribution is 6.31. The van der Waals surface area contributed by atoms with Crippen LogP contribution in [0.5, 0.6) is 0 Å². The van der Waals surface area contributed by atoms with Crippen molar-refractivity contribution < 1.29 is 9.18 Å². The summed E-state index contributed by atoms with van der Waals surface area (Å²) in [4.78, 5) is 18.8. The van der Waals surface area contributed by atoms with E-state index >= 15 is 0 Å². The van der Waals surface area contributed by atoms with Gasteiger partial charge in [0.1, 0.15) is 5.82 Å². The van der Waals surface area contributed by atoms with Crippen LogP contribution in [0, 0.1) is 11.7 Å². The quantitative estimate of drug-likeness (QED) is 0.832. The molecule has 0 N–H and O–H groups in total. The summed E-state index contributed by atoms with van der Waals surface area (Å²) >= 11 is 6.10. The number of nitrogens with zero attached hydrogens (tertiary/aromatic N) is 3. The van der Waals surface area contributed by atoms with Gasteiger partial charge in [0, 0.05) is 49.9 Å². The van der Waals surface area contributed by atoms with Crippen molar-refractivity contribution in [1.29, 1.82) is 0 Å². The number of carbonyl (C=O) groups is 1. The molecule has 1 unspecified atom stereocenters. The molecule has 0 aromatic heterocycles. The highest BCUT2D eigenvalue weighted by Gasteiger charge is 2.26. The van der Waals surface area contributed by atoms with Crippen LogP contribution in [0.4, 0.5) is 4.39 Å². The van der Waals surface area contributed by atoms with Gasteiger partial charge in [0.15, 0.2) is 0 Å². The number of carbonyl (C=O) groups excluding carboxylic acids is 1. The molecular weight excluding hydrogens is 329 g/mol. The Labute approximate surface area is 148 Å². The van der Waals surface area contributed by atoms with Crippen LogP contribution in [0.2, 0.25) is 5.02 Å². The fraction of sp³-hybridized carbons (Fsp3) is 0.611. The third-order valence-electron chi connectivity index (χ3n) is 5.04. The summed E-state index contributed by atoms with van der Waals surface area (Å²) < 4.78 is 13.9. The minimum Gasteiger partial charge on any atom is -0.339 e. The molecule has 2 aliphatic heterocycles. The Balaban J connectivity index is 1.48. The highest BCUT2D eigenvalue weighted by Crippen LogP contribution is 2.21. The molecule has 3 rings (SSSR count). The van der Waals surface area contributed by atoms with Gasteiger partial charge in [-0.2, -0.15) is 0 Å². The first kappa shape index (κ1) is 17.6. The van der Waals surface area contributed by atoms with E-state index in [2.05, 4.69) is 16.7 Å². The average molecular weight is 354 g/mol. The molecule has 2 fully saturated rings. The smallest absolute Gasteiger partial charge is 0.236 e. The maximum Gasteiger partial charge on any atom is 0.236 e. The summed E-state index contributed by atoms with van der Waals surface area (Å²) in [5.41, 5.74) is 0.546. The lowest BCUT2D eigenvalue weighted by Crippen LogP contribution is -2.50. The second-order valence-corrected chi connectivity index (χ2v) is 7.39. The summed E-state index contributed by atoms with van der Waals surface area (Å²) in [5.74, 6) is 0.650. The first-order valence-electron chi connectivity index (χ1n) is 8.68. The average Bonchev–Trinajstić information content (AvgIpc) is 2.96. The van der Waals surface area contributed by atoms with Crippen LogP contribution in [0.3, 0.4) is 0 Å². The van der Waals surface area contributed by atoms with E-state index < -0.39 is 0 Å². The lowest BCUT2D eigenvalue weighted by atomic mass is 10.2. The van der Waals surface area contributed by atoms with Gasteiger partial charge in [-0.15, -0.1) is 0 Å². The Kier molecular flexibility index (Phi) is 5.74. The van der Waals surface area contributed by atoms with E-state index in [0.29, 0.717) is 42.7 Å². The molecule has 0 saturated carbocycles. The molecule has 4 nitrogen and oxygen atoms in total. The van der Waals surface area contributed by atoms with Crippen LogP contribution in [0.25, 0.3) is 0 Å². The number of hydrogen-bond acceptors (Lipinski definition) is 3. The van der Waals surface area contributed by atoms with Crippen molar-refractivity contribution in [3.05, 3.63) is 34.6 Å². The van der Waals surface area contributed by atoms with Gasteiger partial charge in [-0.25, -0.2) is 4.39 Å².